The standard InChI is InChI=1S/C18H20O2S/c1-12-4-8-16(9-5-12)21-17(18(19)20)11-15-7-6-13(2)14(3)10-15/h4-10,17H,11H2,1-3H3,(H,19,20)/t17-/m1/s1. The number of aryl methyl sites for hydroxylation is 3. The zero-order chi connectivity index (χ0) is 15.4. The topological polar surface area (TPSA) is 37.3 Å². The van der Waals surface area contributed by atoms with E-state index in [-0.39, 0.29) is 0 Å². The molecule has 0 aliphatic carbocycles. The summed E-state index contributed by atoms with van der Waals surface area (Å²) in [5, 5.41) is 8.99. The summed E-state index contributed by atoms with van der Waals surface area (Å²) < 4.78 is 0. The van der Waals surface area contributed by atoms with Gasteiger partial charge in [0.1, 0.15) is 5.25 Å². The van der Waals surface area contributed by atoms with Crippen LogP contribution in [0.25, 0.3) is 0 Å². The van der Waals surface area contributed by atoms with Crippen molar-refractivity contribution in [3.05, 3.63) is 64.7 Å². The third kappa shape index (κ3) is 4.36. The molecule has 1 atom stereocenters. The lowest BCUT2D eigenvalue weighted by Crippen LogP contribution is -2.19. The molecule has 0 aliphatic heterocycles. The summed E-state index contributed by atoms with van der Waals surface area (Å²) in [6, 6.07) is 14.1. The molecule has 2 nitrogen and oxygen atoms in total. The van der Waals surface area contributed by atoms with Crippen molar-refractivity contribution in [2.45, 2.75) is 37.3 Å². The van der Waals surface area contributed by atoms with Gasteiger partial charge in [0.05, 0.1) is 0 Å². The second kappa shape index (κ2) is 6.81. The van der Waals surface area contributed by atoms with Crippen LogP contribution in [0.15, 0.2) is 47.4 Å². The van der Waals surface area contributed by atoms with Gasteiger partial charge in [0.2, 0.25) is 0 Å². The summed E-state index contributed by atoms with van der Waals surface area (Å²) >= 11 is 1.41. The van der Waals surface area contributed by atoms with Crippen molar-refractivity contribution >= 4 is 17.7 Å². The van der Waals surface area contributed by atoms with Gasteiger partial charge < -0.3 is 5.11 Å². The maximum Gasteiger partial charge on any atom is 0.317 e. The summed E-state index contributed by atoms with van der Waals surface area (Å²) in [6.45, 7) is 6.15. The molecule has 0 heterocycles. The first-order valence-electron chi connectivity index (χ1n) is 6.98. The van der Waals surface area contributed by atoms with E-state index in [0.717, 1.165) is 10.5 Å². The Balaban J connectivity index is 2.13. The fraction of sp³-hybridized carbons (Fsp3) is 0.278. The van der Waals surface area contributed by atoms with E-state index in [2.05, 4.69) is 26.0 Å². The number of carbonyl (C=O) groups is 1. The average Bonchev–Trinajstić information content (AvgIpc) is 2.44. The summed E-state index contributed by atoms with van der Waals surface area (Å²) in [4.78, 5) is 12.5. The molecular formula is C18H20O2S. The molecule has 21 heavy (non-hydrogen) atoms. The van der Waals surface area contributed by atoms with Crippen LogP contribution in [-0.4, -0.2) is 16.3 Å². The van der Waals surface area contributed by atoms with Gasteiger partial charge >= 0.3 is 5.97 Å². The maximum absolute atomic E-state index is 11.5. The molecule has 0 spiro atoms. The molecule has 0 saturated carbocycles. The van der Waals surface area contributed by atoms with Crippen LogP contribution in [0.5, 0.6) is 0 Å². The van der Waals surface area contributed by atoms with Gasteiger partial charge in [-0.15, -0.1) is 11.8 Å². The number of hydrogen-bond acceptors (Lipinski definition) is 2. The number of rotatable bonds is 5. The van der Waals surface area contributed by atoms with Crippen LogP contribution in [0.2, 0.25) is 0 Å². The number of hydrogen-bond donors (Lipinski definition) is 1. The normalized spacial score (nSPS) is 12.1. The number of thioether (sulfide) groups is 1. The zero-order valence-corrected chi connectivity index (χ0v) is 13.4. The Morgan fingerprint density at radius 3 is 2.29 bits per heavy atom. The number of benzene rings is 2. The smallest absolute Gasteiger partial charge is 0.317 e. The predicted molar refractivity (Wildman–Crippen MR) is 88.1 cm³/mol. The Kier molecular flexibility index (Phi) is 5.07. The molecule has 110 valence electrons. The molecule has 3 heteroatoms. The fourth-order valence-electron chi connectivity index (χ4n) is 2.11. The Bertz CT molecular complexity index is 632. The van der Waals surface area contributed by atoms with Gasteiger partial charge in [-0.2, -0.15) is 0 Å². The van der Waals surface area contributed by atoms with Gasteiger partial charge in [-0.05, 0) is 56.0 Å². The Hall–Kier alpha value is -1.74. The molecule has 0 saturated heterocycles. The molecule has 0 bridgehead atoms. The van der Waals surface area contributed by atoms with Crippen molar-refractivity contribution in [2.75, 3.05) is 0 Å². The van der Waals surface area contributed by atoms with E-state index in [1.807, 2.05) is 37.3 Å². The van der Waals surface area contributed by atoms with Gasteiger partial charge in [0, 0.05) is 4.90 Å². The van der Waals surface area contributed by atoms with Crippen LogP contribution in [-0.2, 0) is 11.2 Å². The van der Waals surface area contributed by atoms with E-state index in [4.69, 9.17) is 0 Å². The minimum absolute atomic E-state index is 0.463. The molecule has 2 rings (SSSR count). The monoisotopic (exact) mass is 300 g/mol. The van der Waals surface area contributed by atoms with E-state index < -0.39 is 11.2 Å². The van der Waals surface area contributed by atoms with Crippen molar-refractivity contribution in [3.8, 4) is 0 Å². The summed E-state index contributed by atoms with van der Waals surface area (Å²) in [6.07, 6.45) is 0.537. The highest BCUT2D eigenvalue weighted by atomic mass is 32.2. The van der Waals surface area contributed by atoms with Crippen LogP contribution < -0.4 is 0 Å². The van der Waals surface area contributed by atoms with E-state index in [1.54, 1.807) is 0 Å². The van der Waals surface area contributed by atoms with E-state index in [0.29, 0.717) is 6.42 Å². The van der Waals surface area contributed by atoms with Gasteiger partial charge in [-0.25, -0.2) is 0 Å². The van der Waals surface area contributed by atoms with Crippen LogP contribution >= 0.6 is 11.8 Å². The Labute approximate surface area is 130 Å². The van der Waals surface area contributed by atoms with Crippen LogP contribution in [0, 0.1) is 20.8 Å². The lowest BCUT2D eigenvalue weighted by molar-refractivity contribution is -0.136. The lowest BCUT2D eigenvalue weighted by Gasteiger charge is -2.13. The van der Waals surface area contributed by atoms with E-state index in [1.165, 1.54) is 28.5 Å². The first-order valence-corrected chi connectivity index (χ1v) is 7.86. The van der Waals surface area contributed by atoms with Gasteiger partial charge in [-0.1, -0.05) is 35.9 Å². The highest BCUT2D eigenvalue weighted by molar-refractivity contribution is 8.00. The molecule has 0 amide bonds. The largest absolute Gasteiger partial charge is 0.480 e. The van der Waals surface area contributed by atoms with E-state index in [9.17, 15) is 9.90 Å². The highest BCUT2D eigenvalue weighted by Gasteiger charge is 2.19. The Morgan fingerprint density at radius 1 is 1.05 bits per heavy atom. The summed E-state index contributed by atoms with van der Waals surface area (Å²) in [5.74, 6) is -0.765. The van der Waals surface area contributed by atoms with Gasteiger partial charge in [-0.3, -0.25) is 4.79 Å². The third-order valence-electron chi connectivity index (χ3n) is 3.57. The Morgan fingerprint density at radius 2 is 1.71 bits per heavy atom. The SMILES string of the molecule is Cc1ccc(S[C@H](Cc2ccc(C)c(C)c2)C(=O)O)cc1. The quantitative estimate of drug-likeness (QED) is 0.832. The molecule has 0 fully saturated rings. The maximum atomic E-state index is 11.5. The molecule has 1 N–H and O–H groups in total. The van der Waals surface area contributed by atoms with Crippen molar-refractivity contribution in [2.24, 2.45) is 0 Å². The second-order valence-electron chi connectivity index (χ2n) is 5.38. The van der Waals surface area contributed by atoms with Crippen molar-refractivity contribution in [1.29, 1.82) is 0 Å². The summed E-state index contributed by atoms with van der Waals surface area (Å²) in [5.41, 5.74) is 4.69. The average molecular weight is 300 g/mol. The minimum Gasteiger partial charge on any atom is -0.480 e. The van der Waals surface area contributed by atoms with Crippen molar-refractivity contribution in [1.82, 2.24) is 0 Å². The number of aliphatic carboxylic acids is 1. The number of carboxylic acids is 1. The zero-order valence-electron chi connectivity index (χ0n) is 12.6. The molecule has 0 aromatic heterocycles. The highest BCUT2D eigenvalue weighted by Crippen LogP contribution is 2.27. The predicted octanol–water partition coefficient (Wildman–Crippen LogP) is 4.40. The fourth-order valence-corrected chi connectivity index (χ4v) is 3.10. The second-order valence-corrected chi connectivity index (χ2v) is 6.66. The first-order chi connectivity index (χ1) is 9.95. The van der Waals surface area contributed by atoms with Gasteiger partial charge in [0.25, 0.3) is 0 Å². The lowest BCUT2D eigenvalue weighted by atomic mass is 10.0. The number of carboxylic acid groups (broad SMARTS) is 1. The minimum atomic E-state index is -0.765. The van der Waals surface area contributed by atoms with Crippen LogP contribution in [0.4, 0.5) is 0 Å². The molecule has 2 aromatic carbocycles. The van der Waals surface area contributed by atoms with Crippen molar-refractivity contribution in [3.63, 3.8) is 0 Å². The van der Waals surface area contributed by atoms with E-state index >= 15 is 0 Å². The first kappa shape index (κ1) is 15.6. The molecule has 0 radical (unpaired) electrons. The molecule has 0 unspecified atom stereocenters. The summed E-state index contributed by atoms with van der Waals surface area (Å²) in [7, 11) is 0. The third-order valence-corrected chi connectivity index (χ3v) is 4.76. The van der Waals surface area contributed by atoms with Gasteiger partial charge in [0.15, 0.2) is 0 Å². The molecule has 2 aromatic rings. The molecular weight excluding hydrogens is 280 g/mol. The molecule has 0 aliphatic rings. The van der Waals surface area contributed by atoms with Crippen LogP contribution in [0.1, 0.15) is 22.3 Å². The van der Waals surface area contributed by atoms with Crippen LogP contribution in [0.3, 0.4) is 0 Å². The van der Waals surface area contributed by atoms with Crippen molar-refractivity contribution < 1.29 is 9.90 Å².